The number of halogens is 2. The topological polar surface area (TPSA) is 71.2 Å². The zero-order chi connectivity index (χ0) is 15.1. The molecule has 1 unspecified atom stereocenters. The van der Waals surface area contributed by atoms with E-state index >= 15 is 0 Å². The number of aromatic hydroxyl groups is 1. The third kappa shape index (κ3) is 2.73. The summed E-state index contributed by atoms with van der Waals surface area (Å²) >= 11 is 12.6. The second-order valence-electron chi connectivity index (χ2n) is 5.52. The number of aromatic nitrogens is 3. The molecule has 0 amide bonds. The van der Waals surface area contributed by atoms with Gasteiger partial charge in [0.15, 0.2) is 0 Å². The van der Waals surface area contributed by atoms with Crippen molar-refractivity contribution in [3.8, 4) is 5.75 Å². The number of nitrogens with zero attached hydrogens (tertiary/aromatic N) is 3. The molecule has 3 rings (SSSR count). The molecule has 1 aliphatic rings. The zero-order valence-electron chi connectivity index (χ0n) is 11.2. The number of hydrogen-bond donors (Lipinski definition) is 2. The first-order chi connectivity index (χ1) is 9.94. The Bertz CT molecular complexity index is 644. The molecule has 21 heavy (non-hydrogen) atoms. The third-order valence-electron chi connectivity index (χ3n) is 3.95. The monoisotopic (exact) mass is 327 g/mol. The molecule has 1 heterocycles. The van der Waals surface area contributed by atoms with E-state index in [1.165, 1.54) is 18.7 Å². The SMILES string of the molecule is Oc1cccc(CC(O)(Cn2cncn2)C2(Cl)CC2)c1Cl. The fourth-order valence-electron chi connectivity index (χ4n) is 2.53. The number of benzene rings is 1. The smallest absolute Gasteiger partial charge is 0.137 e. The van der Waals surface area contributed by atoms with Gasteiger partial charge in [-0.2, -0.15) is 5.10 Å². The van der Waals surface area contributed by atoms with E-state index in [0.717, 1.165) is 12.8 Å². The van der Waals surface area contributed by atoms with Gasteiger partial charge in [-0.3, -0.25) is 0 Å². The van der Waals surface area contributed by atoms with Gasteiger partial charge in [0, 0.05) is 6.42 Å². The first kappa shape index (κ1) is 14.6. The molecule has 7 heteroatoms. The van der Waals surface area contributed by atoms with Crippen LogP contribution >= 0.6 is 23.2 Å². The minimum Gasteiger partial charge on any atom is -0.506 e. The lowest BCUT2D eigenvalue weighted by atomic mass is 9.89. The highest BCUT2D eigenvalue weighted by Gasteiger charge is 2.58. The Hall–Kier alpha value is -1.30. The molecule has 0 bridgehead atoms. The molecule has 1 atom stereocenters. The van der Waals surface area contributed by atoms with Gasteiger partial charge >= 0.3 is 0 Å². The Morgan fingerprint density at radius 1 is 1.38 bits per heavy atom. The van der Waals surface area contributed by atoms with Crippen molar-refractivity contribution < 1.29 is 10.2 Å². The maximum atomic E-state index is 11.1. The van der Waals surface area contributed by atoms with Crippen LogP contribution in [0.25, 0.3) is 0 Å². The molecule has 0 aliphatic heterocycles. The molecule has 1 aliphatic carbocycles. The van der Waals surface area contributed by atoms with E-state index in [1.807, 2.05) is 0 Å². The van der Waals surface area contributed by atoms with Gasteiger partial charge < -0.3 is 10.2 Å². The summed E-state index contributed by atoms with van der Waals surface area (Å²) in [5, 5.41) is 25.1. The van der Waals surface area contributed by atoms with E-state index < -0.39 is 10.5 Å². The number of hydrogen-bond acceptors (Lipinski definition) is 4. The highest BCUT2D eigenvalue weighted by Crippen LogP contribution is 2.53. The molecule has 5 nitrogen and oxygen atoms in total. The first-order valence-electron chi connectivity index (χ1n) is 6.64. The van der Waals surface area contributed by atoms with Gasteiger partial charge in [-0.1, -0.05) is 23.7 Å². The van der Waals surface area contributed by atoms with Crippen LogP contribution in [0.1, 0.15) is 18.4 Å². The van der Waals surface area contributed by atoms with E-state index in [0.29, 0.717) is 5.56 Å². The van der Waals surface area contributed by atoms with Crippen molar-refractivity contribution in [3.05, 3.63) is 41.4 Å². The summed E-state index contributed by atoms with van der Waals surface area (Å²) in [5.74, 6) is -0.00306. The average molecular weight is 328 g/mol. The minimum atomic E-state index is -1.21. The standard InChI is InChI=1S/C14H15Cl2N3O2/c15-12-10(2-1-3-11(12)20)6-14(21,13(16)4-5-13)7-19-9-17-8-18-19/h1-3,8-9,20-21H,4-7H2. The molecule has 0 saturated heterocycles. The van der Waals surface area contributed by atoms with Crippen LogP contribution in [0.5, 0.6) is 5.75 Å². The van der Waals surface area contributed by atoms with E-state index in [9.17, 15) is 10.2 Å². The van der Waals surface area contributed by atoms with Crippen LogP contribution in [0.3, 0.4) is 0 Å². The normalized spacial score (nSPS) is 19.2. The van der Waals surface area contributed by atoms with Crippen LogP contribution in [-0.2, 0) is 13.0 Å². The molecule has 1 aromatic heterocycles. The first-order valence-corrected chi connectivity index (χ1v) is 7.39. The molecule has 1 aromatic carbocycles. The van der Waals surface area contributed by atoms with Crippen LogP contribution < -0.4 is 0 Å². The van der Waals surface area contributed by atoms with Crippen molar-refractivity contribution in [3.63, 3.8) is 0 Å². The molecule has 112 valence electrons. The molecule has 1 fully saturated rings. The lowest BCUT2D eigenvalue weighted by Gasteiger charge is -2.33. The average Bonchev–Trinajstić information content (AvgIpc) is 3.00. The van der Waals surface area contributed by atoms with Crippen molar-refractivity contribution in [2.24, 2.45) is 0 Å². The number of phenolic OH excluding ortho intramolecular Hbond substituents is 1. The van der Waals surface area contributed by atoms with Gasteiger partial charge in [-0.25, -0.2) is 9.67 Å². The predicted molar refractivity (Wildman–Crippen MR) is 79.6 cm³/mol. The second-order valence-corrected chi connectivity index (χ2v) is 6.62. The molecular formula is C14H15Cl2N3O2. The summed E-state index contributed by atoms with van der Waals surface area (Å²) in [7, 11) is 0. The minimum absolute atomic E-state index is 0.00306. The fraction of sp³-hybridized carbons (Fsp3) is 0.429. The summed E-state index contributed by atoms with van der Waals surface area (Å²) in [6.45, 7) is 0.225. The lowest BCUT2D eigenvalue weighted by Crippen LogP contribution is -2.47. The highest BCUT2D eigenvalue weighted by molar-refractivity contribution is 6.32. The second kappa shape index (κ2) is 5.16. The van der Waals surface area contributed by atoms with Gasteiger partial charge in [0.2, 0.25) is 0 Å². The molecule has 1 saturated carbocycles. The quantitative estimate of drug-likeness (QED) is 0.827. The highest BCUT2D eigenvalue weighted by atomic mass is 35.5. The zero-order valence-corrected chi connectivity index (χ0v) is 12.7. The van der Waals surface area contributed by atoms with E-state index in [4.69, 9.17) is 23.2 Å². The number of rotatable bonds is 5. The van der Waals surface area contributed by atoms with E-state index in [1.54, 1.807) is 16.8 Å². The van der Waals surface area contributed by atoms with Crippen LogP contribution in [0, 0.1) is 0 Å². The Morgan fingerprint density at radius 2 is 2.14 bits per heavy atom. The van der Waals surface area contributed by atoms with Crippen LogP contribution in [0.2, 0.25) is 5.02 Å². The predicted octanol–water partition coefficient (Wildman–Crippen LogP) is 2.38. The molecule has 2 aromatic rings. The third-order valence-corrected chi connectivity index (χ3v) is 5.12. The van der Waals surface area contributed by atoms with Crippen molar-refractivity contribution in [1.29, 1.82) is 0 Å². The summed E-state index contributed by atoms with van der Waals surface area (Å²) in [6, 6.07) is 4.98. The van der Waals surface area contributed by atoms with Crippen molar-refractivity contribution in [2.45, 2.75) is 36.3 Å². The lowest BCUT2D eigenvalue weighted by molar-refractivity contribution is 0.00764. The van der Waals surface area contributed by atoms with Crippen LogP contribution in [0.4, 0.5) is 0 Å². The van der Waals surface area contributed by atoms with Crippen LogP contribution in [0.15, 0.2) is 30.9 Å². The molecule has 0 spiro atoms. The Labute approximate surface area is 132 Å². The Balaban J connectivity index is 1.91. The number of aliphatic hydroxyl groups is 1. The van der Waals surface area contributed by atoms with Gasteiger partial charge in [-0.05, 0) is 24.5 Å². The largest absolute Gasteiger partial charge is 0.506 e. The maximum absolute atomic E-state index is 11.1. The van der Waals surface area contributed by atoms with Crippen molar-refractivity contribution in [2.75, 3.05) is 0 Å². The summed E-state index contributed by atoms with van der Waals surface area (Å²) in [6.07, 6.45) is 4.66. The summed E-state index contributed by atoms with van der Waals surface area (Å²) in [5.41, 5.74) is -0.550. The summed E-state index contributed by atoms with van der Waals surface area (Å²) < 4.78 is 1.55. The van der Waals surface area contributed by atoms with Crippen molar-refractivity contribution >= 4 is 23.2 Å². The number of alkyl halides is 1. The molecular weight excluding hydrogens is 313 g/mol. The van der Waals surface area contributed by atoms with Crippen LogP contribution in [-0.4, -0.2) is 35.5 Å². The molecule has 2 N–H and O–H groups in total. The fourth-order valence-corrected chi connectivity index (χ4v) is 2.95. The number of phenols is 1. The summed E-state index contributed by atoms with van der Waals surface area (Å²) in [4.78, 5) is 3.19. The van der Waals surface area contributed by atoms with Gasteiger partial charge in [0.1, 0.15) is 24.0 Å². The Kier molecular flexibility index (Phi) is 3.59. The van der Waals surface area contributed by atoms with Gasteiger partial charge in [0.05, 0.1) is 16.4 Å². The van der Waals surface area contributed by atoms with Crippen molar-refractivity contribution in [1.82, 2.24) is 14.8 Å². The van der Waals surface area contributed by atoms with E-state index in [-0.39, 0.29) is 23.7 Å². The Morgan fingerprint density at radius 3 is 2.76 bits per heavy atom. The van der Waals surface area contributed by atoms with Gasteiger partial charge in [-0.15, -0.1) is 11.6 Å². The molecule has 0 radical (unpaired) electrons. The maximum Gasteiger partial charge on any atom is 0.137 e. The van der Waals surface area contributed by atoms with E-state index in [2.05, 4.69) is 10.1 Å². The van der Waals surface area contributed by atoms with Gasteiger partial charge in [0.25, 0.3) is 0 Å².